The molecule has 1 heterocycles. The molecule has 0 aliphatic heterocycles. The Labute approximate surface area is 170 Å². The number of rotatable bonds is 9. The van der Waals surface area contributed by atoms with Gasteiger partial charge in [-0.05, 0) is 63.5 Å². The first kappa shape index (κ1) is 20.3. The van der Waals surface area contributed by atoms with Crippen LogP contribution < -0.4 is 15.4 Å². The normalized spacial score (nSPS) is 10.6. The maximum atomic E-state index is 12.4. The number of carbonyl (C=O) groups excluding carboxylic acids is 1. The van der Waals surface area contributed by atoms with Gasteiger partial charge in [0.2, 0.25) is 0 Å². The average Bonchev–Trinajstić information content (AvgIpc) is 2.74. The van der Waals surface area contributed by atoms with Gasteiger partial charge in [0.25, 0.3) is 5.91 Å². The molecule has 0 radical (unpaired) electrons. The van der Waals surface area contributed by atoms with E-state index >= 15 is 0 Å². The molecule has 0 saturated carbocycles. The van der Waals surface area contributed by atoms with Crippen molar-refractivity contribution in [3.63, 3.8) is 0 Å². The van der Waals surface area contributed by atoms with Crippen LogP contribution in [0.4, 0.5) is 11.5 Å². The summed E-state index contributed by atoms with van der Waals surface area (Å²) in [5.41, 5.74) is 0.913. The van der Waals surface area contributed by atoms with Gasteiger partial charge in [-0.15, -0.1) is 0 Å². The lowest BCUT2D eigenvalue weighted by Crippen LogP contribution is -2.17. The highest BCUT2D eigenvalue weighted by molar-refractivity contribution is 6.02. The van der Waals surface area contributed by atoms with Crippen molar-refractivity contribution in [2.75, 3.05) is 37.8 Å². The second-order valence-electron chi connectivity index (χ2n) is 6.76. The largest absolute Gasteiger partial charge is 0.457 e. The summed E-state index contributed by atoms with van der Waals surface area (Å²) in [5, 5.41) is 6.01. The molecule has 0 spiro atoms. The van der Waals surface area contributed by atoms with Crippen LogP contribution in [-0.4, -0.2) is 48.0 Å². The average molecular weight is 391 g/mol. The van der Waals surface area contributed by atoms with E-state index in [0.717, 1.165) is 25.3 Å². The van der Waals surface area contributed by atoms with E-state index in [9.17, 15) is 4.79 Å². The van der Waals surface area contributed by atoms with Gasteiger partial charge in [-0.3, -0.25) is 4.79 Å². The molecule has 0 bridgehead atoms. The summed E-state index contributed by atoms with van der Waals surface area (Å²) in [6.07, 6.45) is 4.04. The predicted molar refractivity (Wildman–Crippen MR) is 115 cm³/mol. The Morgan fingerprint density at radius 3 is 2.34 bits per heavy atom. The zero-order chi connectivity index (χ0) is 20.5. The van der Waals surface area contributed by atoms with Gasteiger partial charge in [0.15, 0.2) is 0 Å². The SMILES string of the molecule is CN(C)CCCNc1cnc(C(=O)Nc2ccc(Oc3ccccc3)cc2)cn1. The van der Waals surface area contributed by atoms with Crippen LogP contribution in [0.5, 0.6) is 11.5 Å². The van der Waals surface area contributed by atoms with Crippen LogP contribution in [0.1, 0.15) is 16.9 Å². The van der Waals surface area contributed by atoms with Crippen molar-refractivity contribution in [1.29, 1.82) is 0 Å². The quantitative estimate of drug-likeness (QED) is 0.539. The van der Waals surface area contributed by atoms with E-state index in [1.807, 2.05) is 44.4 Å². The summed E-state index contributed by atoms with van der Waals surface area (Å²) in [4.78, 5) is 22.9. The lowest BCUT2D eigenvalue weighted by Gasteiger charge is -2.10. The molecule has 3 rings (SSSR count). The van der Waals surface area contributed by atoms with Crippen LogP contribution in [0.2, 0.25) is 0 Å². The summed E-state index contributed by atoms with van der Waals surface area (Å²) in [7, 11) is 4.08. The Morgan fingerprint density at radius 1 is 0.966 bits per heavy atom. The first-order chi connectivity index (χ1) is 14.1. The molecule has 0 unspecified atom stereocenters. The minimum Gasteiger partial charge on any atom is -0.457 e. The lowest BCUT2D eigenvalue weighted by atomic mass is 10.3. The lowest BCUT2D eigenvalue weighted by molar-refractivity contribution is 0.102. The monoisotopic (exact) mass is 391 g/mol. The Bertz CT molecular complexity index is 897. The molecule has 2 N–H and O–H groups in total. The van der Waals surface area contributed by atoms with Crippen LogP contribution in [0.15, 0.2) is 67.0 Å². The number of hydrogen-bond donors (Lipinski definition) is 2. The van der Waals surface area contributed by atoms with Crippen molar-refractivity contribution in [2.24, 2.45) is 0 Å². The number of nitrogens with zero attached hydrogens (tertiary/aromatic N) is 3. The van der Waals surface area contributed by atoms with E-state index in [4.69, 9.17) is 4.74 Å². The van der Waals surface area contributed by atoms with Gasteiger partial charge in [-0.2, -0.15) is 0 Å². The van der Waals surface area contributed by atoms with E-state index in [2.05, 4.69) is 25.5 Å². The third-order valence-electron chi connectivity index (χ3n) is 4.06. The van der Waals surface area contributed by atoms with Gasteiger partial charge >= 0.3 is 0 Å². The van der Waals surface area contributed by atoms with Gasteiger partial charge in [-0.1, -0.05) is 18.2 Å². The molecule has 0 aliphatic rings. The molecular weight excluding hydrogens is 366 g/mol. The van der Waals surface area contributed by atoms with Crippen molar-refractivity contribution < 1.29 is 9.53 Å². The minimum absolute atomic E-state index is 0.258. The second-order valence-corrected chi connectivity index (χ2v) is 6.76. The molecule has 150 valence electrons. The summed E-state index contributed by atoms with van der Waals surface area (Å²) in [6, 6.07) is 16.7. The Kier molecular flexibility index (Phi) is 7.13. The number of benzene rings is 2. The van der Waals surface area contributed by atoms with Gasteiger partial charge in [0.05, 0.1) is 12.4 Å². The highest BCUT2D eigenvalue weighted by atomic mass is 16.5. The van der Waals surface area contributed by atoms with Crippen LogP contribution in [0, 0.1) is 0 Å². The number of carbonyl (C=O) groups is 1. The third kappa shape index (κ3) is 6.58. The van der Waals surface area contributed by atoms with E-state index in [-0.39, 0.29) is 11.6 Å². The van der Waals surface area contributed by atoms with E-state index in [1.165, 1.54) is 6.20 Å². The molecule has 3 aromatic rings. The van der Waals surface area contributed by atoms with E-state index < -0.39 is 0 Å². The Balaban J connectivity index is 1.50. The second kappa shape index (κ2) is 10.2. The summed E-state index contributed by atoms with van der Waals surface area (Å²) in [5.74, 6) is 1.80. The Morgan fingerprint density at radius 2 is 1.69 bits per heavy atom. The molecule has 2 aromatic carbocycles. The van der Waals surface area contributed by atoms with Crippen LogP contribution in [-0.2, 0) is 0 Å². The number of nitrogens with one attached hydrogen (secondary N) is 2. The molecule has 0 atom stereocenters. The number of anilines is 2. The molecule has 0 aliphatic carbocycles. The first-order valence-corrected chi connectivity index (χ1v) is 9.45. The minimum atomic E-state index is -0.312. The van der Waals surface area contributed by atoms with Crippen molar-refractivity contribution >= 4 is 17.4 Å². The van der Waals surface area contributed by atoms with Gasteiger partial charge in [0, 0.05) is 12.2 Å². The molecule has 0 fully saturated rings. The van der Waals surface area contributed by atoms with Crippen LogP contribution >= 0.6 is 0 Å². The summed E-state index contributed by atoms with van der Waals surface area (Å²) >= 11 is 0. The van der Waals surface area contributed by atoms with Crippen molar-refractivity contribution in [3.8, 4) is 11.5 Å². The summed E-state index contributed by atoms with van der Waals surface area (Å²) in [6.45, 7) is 1.80. The number of amides is 1. The number of ether oxygens (including phenoxy) is 1. The molecule has 7 heteroatoms. The number of hydrogen-bond acceptors (Lipinski definition) is 6. The number of para-hydroxylation sites is 1. The van der Waals surface area contributed by atoms with Crippen LogP contribution in [0.25, 0.3) is 0 Å². The van der Waals surface area contributed by atoms with Gasteiger partial charge < -0.3 is 20.3 Å². The predicted octanol–water partition coefficient (Wildman–Crippen LogP) is 3.88. The van der Waals surface area contributed by atoms with Crippen molar-refractivity contribution in [1.82, 2.24) is 14.9 Å². The third-order valence-corrected chi connectivity index (χ3v) is 4.06. The van der Waals surface area contributed by atoms with Crippen LogP contribution in [0.3, 0.4) is 0 Å². The van der Waals surface area contributed by atoms with Gasteiger partial charge in [0.1, 0.15) is 23.0 Å². The molecule has 1 amide bonds. The Hall–Kier alpha value is -3.45. The van der Waals surface area contributed by atoms with E-state index in [1.54, 1.807) is 30.5 Å². The van der Waals surface area contributed by atoms with Gasteiger partial charge in [-0.25, -0.2) is 9.97 Å². The highest BCUT2D eigenvalue weighted by Gasteiger charge is 2.09. The summed E-state index contributed by atoms with van der Waals surface area (Å²) < 4.78 is 5.74. The topological polar surface area (TPSA) is 79.4 Å². The fourth-order valence-electron chi connectivity index (χ4n) is 2.57. The maximum absolute atomic E-state index is 12.4. The fourth-order valence-corrected chi connectivity index (χ4v) is 2.57. The standard InChI is InChI=1S/C22H25N5O2/c1-27(2)14-6-13-23-21-16-24-20(15-25-21)22(28)26-17-9-11-19(12-10-17)29-18-7-4-3-5-8-18/h3-5,7-12,15-16H,6,13-14H2,1-2H3,(H,23,25)(H,26,28). The molecule has 1 aromatic heterocycles. The maximum Gasteiger partial charge on any atom is 0.275 e. The number of aromatic nitrogens is 2. The highest BCUT2D eigenvalue weighted by Crippen LogP contribution is 2.22. The zero-order valence-corrected chi connectivity index (χ0v) is 16.6. The zero-order valence-electron chi connectivity index (χ0n) is 16.6. The molecule has 0 saturated heterocycles. The van der Waals surface area contributed by atoms with E-state index in [0.29, 0.717) is 17.3 Å². The van der Waals surface area contributed by atoms with Crippen molar-refractivity contribution in [2.45, 2.75) is 6.42 Å². The fraction of sp³-hybridized carbons (Fsp3) is 0.227. The first-order valence-electron chi connectivity index (χ1n) is 9.45. The molecule has 7 nitrogen and oxygen atoms in total. The smallest absolute Gasteiger partial charge is 0.275 e. The molecule has 29 heavy (non-hydrogen) atoms. The molecular formula is C22H25N5O2. The van der Waals surface area contributed by atoms with Crippen molar-refractivity contribution in [3.05, 3.63) is 72.7 Å².